The molecule has 18 heavy (non-hydrogen) atoms. The normalized spacial score (nSPS) is 14.2. The minimum absolute atomic E-state index is 0.0170. The van der Waals surface area contributed by atoms with E-state index in [1.165, 1.54) is 18.2 Å². The summed E-state index contributed by atoms with van der Waals surface area (Å²) in [6.45, 7) is 2.86. The molecule has 1 N–H and O–H groups in total. The Balaban J connectivity index is 2.64. The van der Waals surface area contributed by atoms with Crippen molar-refractivity contribution in [1.29, 1.82) is 0 Å². The Morgan fingerprint density at radius 3 is 2.78 bits per heavy atom. The number of hydrogen-bond acceptors (Lipinski definition) is 4. The highest BCUT2D eigenvalue weighted by Gasteiger charge is 2.10. The quantitative estimate of drug-likeness (QED) is 0.643. The first-order valence-corrected chi connectivity index (χ1v) is 7.37. The van der Waals surface area contributed by atoms with Crippen LogP contribution in [0.1, 0.15) is 12.5 Å². The van der Waals surface area contributed by atoms with Gasteiger partial charge in [0.1, 0.15) is 0 Å². The van der Waals surface area contributed by atoms with Crippen LogP contribution in [0.15, 0.2) is 18.2 Å². The molecule has 0 aliphatic rings. The van der Waals surface area contributed by atoms with E-state index in [2.05, 4.69) is 5.32 Å². The molecule has 2 atom stereocenters. The average Bonchev–Trinajstić information content (AvgIpc) is 2.30. The molecule has 0 aromatic heterocycles. The highest BCUT2D eigenvalue weighted by Crippen LogP contribution is 2.21. The topological polar surface area (TPSA) is 72.2 Å². The van der Waals surface area contributed by atoms with E-state index < -0.39 is 15.7 Å². The summed E-state index contributed by atoms with van der Waals surface area (Å²) in [5.41, 5.74) is 0.684. The number of nitro groups is 1. The number of halogens is 1. The van der Waals surface area contributed by atoms with Crippen molar-refractivity contribution in [2.45, 2.75) is 18.7 Å². The maximum atomic E-state index is 11.2. The van der Waals surface area contributed by atoms with Gasteiger partial charge in [0.05, 0.1) is 4.92 Å². The molecule has 100 valence electrons. The number of hydrogen-bond donors (Lipinski definition) is 1. The van der Waals surface area contributed by atoms with Crippen LogP contribution in [0.25, 0.3) is 0 Å². The van der Waals surface area contributed by atoms with Gasteiger partial charge in [-0.25, -0.2) is 0 Å². The molecule has 2 unspecified atom stereocenters. The van der Waals surface area contributed by atoms with Crippen LogP contribution in [-0.2, 0) is 17.3 Å². The molecule has 7 heteroatoms. The van der Waals surface area contributed by atoms with Crippen molar-refractivity contribution in [1.82, 2.24) is 5.32 Å². The Kier molecular flexibility index (Phi) is 5.71. The van der Waals surface area contributed by atoms with E-state index in [4.69, 9.17) is 11.6 Å². The third-order valence-corrected chi connectivity index (χ3v) is 4.22. The minimum Gasteiger partial charge on any atom is -0.311 e. The lowest BCUT2D eigenvalue weighted by molar-refractivity contribution is -0.384. The van der Waals surface area contributed by atoms with Gasteiger partial charge < -0.3 is 5.32 Å². The second-order valence-electron chi connectivity index (χ2n) is 3.97. The molecule has 1 aromatic carbocycles. The van der Waals surface area contributed by atoms with Gasteiger partial charge in [0.15, 0.2) is 0 Å². The molecule has 0 heterocycles. The fourth-order valence-corrected chi connectivity index (χ4v) is 1.87. The van der Waals surface area contributed by atoms with Gasteiger partial charge in [0, 0.05) is 52.6 Å². The van der Waals surface area contributed by atoms with Crippen molar-refractivity contribution in [3.05, 3.63) is 38.9 Å². The van der Waals surface area contributed by atoms with Gasteiger partial charge in [-0.1, -0.05) is 11.6 Å². The molecule has 0 amide bonds. The third-order valence-electron chi connectivity index (χ3n) is 2.55. The van der Waals surface area contributed by atoms with Crippen LogP contribution in [0.2, 0.25) is 5.02 Å². The van der Waals surface area contributed by atoms with Crippen LogP contribution in [0.3, 0.4) is 0 Å². The van der Waals surface area contributed by atoms with Crippen LogP contribution >= 0.6 is 11.6 Å². The summed E-state index contributed by atoms with van der Waals surface area (Å²) in [6, 6.07) is 4.33. The second-order valence-corrected chi connectivity index (χ2v) is 6.18. The lowest BCUT2D eigenvalue weighted by atomic mass is 10.2. The predicted octanol–water partition coefficient (Wildman–Crippen LogP) is 2.10. The molecule has 1 rings (SSSR count). The zero-order chi connectivity index (χ0) is 13.7. The molecule has 0 radical (unpaired) electrons. The van der Waals surface area contributed by atoms with Gasteiger partial charge in [0.25, 0.3) is 5.69 Å². The van der Waals surface area contributed by atoms with E-state index in [-0.39, 0.29) is 10.9 Å². The molecule has 0 saturated carbocycles. The third kappa shape index (κ3) is 4.36. The molecule has 0 bridgehead atoms. The summed E-state index contributed by atoms with van der Waals surface area (Å²) in [5, 5.41) is 14.2. The van der Waals surface area contributed by atoms with Crippen molar-refractivity contribution in [2.24, 2.45) is 0 Å². The van der Waals surface area contributed by atoms with E-state index in [1.807, 2.05) is 6.92 Å². The van der Waals surface area contributed by atoms with Gasteiger partial charge in [-0.3, -0.25) is 14.3 Å². The van der Waals surface area contributed by atoms with E-state index in [0.29, 0.717) is 23.7 Å². The fourth-order valence-electron chi connectivity index (χ4n) is 1.34. The number of nitro benzene ring substituents is 1. The Hall–Kier alpha value is -0.980. The second kappa shape index (κ2) is 6.82. The average molecular weight is 291 g/mol. The van der Waals surface area contributed by atoms with Crippen LogP contribution < -0.4 is 5.32 Å². The van der Waals surface area contributed by atoms with Crippen molar-refractivity contribution < 1.29 is 9.13 Å². The number of non-ortho nitro benzene ring substituents is 1. The monoisotopic (exact) mass is 290 g/mol. The standard InChI is InChI=1S/C11H15ClN2O3S/c1-8(18(2)17)6-13-7-9-5-10(14(15)16)3-4-11(9)12/h3-5,8,13H,6-7H2,1-2H3. The van der Waals surface area contributed by atoms with Crippen LogP contribution in [0.5, 0.6) is 0 Å². The minimum atomic E-state index is -0.889. The Morgan fingerprint density at radius 1 is 1.56 bits per heavy atom. The van der Waals surface area contributed by atoms with Gasteiger partial charge in [-0.2, -0.15) is 0 Å². The Morgan fingerprint density at radius 2 is 2.22 bits per heavy atom. The van der Waals surface area contributed by atoms with Gasteiger partial charge in [-0.05, 0) is 18.6 Å². The van der Waals surface area contributed by atoms with Gasteiger partial charge in [-0.15, -0.1) is 0 Å². The van der Waals surface area contributed by atoms with Crippen LogP contribution in [-0.4, -0.2) is 27.2 Å². The number of nitrogens with one attached hydrogen (secondary N) is 1. The SMILES string of the molecule is CC(CNCc1cc([N+](=O)[O-])ccc1Cl)S(C)=O. The van der Waals surface area contributed by atoms with E-state index >= 15 is 0 Å². The summed E-state index contributed by atoms with van der Waals surface area (Å²) >= 11 is 5.96. The first kappa shape index (κ1) is 15.1. The lowest BCUT2D eigenvalue weighted by Crippen LogP contribution is -2.27. The first-order chi connectivity index (χ1) is 8.41. The summed E-state index contributed by atoms with van der Waals surface area (Å²) in [5.74, 6) is 0. The molecule has 5 nitrogen and oxygen atoms in total. The molecular formula is C11H15ClN2O3S. The molecule has 0 aliphatic heterocycles. The first-order valence-electron chi connectivity index (χ1n) is 5.37. The summed E-state index contributed by atoms with van der Waals surface area (Å²) in [4.78, 5) is 10.2. The molecule has 0 spiro atoms. The van der Waals surface area contributed by atoms with Crippen molar-refractivity contribution in [3.8, 4) is 0 Å². The van der Waals surface area contributed by atoms with Crippen molar-refractivity contribution in [2.75, 3.05) is 12.8 Å². The fraction of sp³-hybridized carbons (Fsp3) is 0.455. The highest BCUT2D eigenvalue weighted by atomic mass is 35.5. The van der Waals surface area contributed by atoms with Crippen LogP contribution in [0, 0.1) is 10.1 Å². The van der Waals surface area contributed by atoms with Gasteiger partial charge in [0.2, 0.25) is 0 Å². The number of rotatable bonds is 6. The van der Waals surface area contributed by atoms with Crippen molar-refractivity contribution >= 4 is 28.1 Å². The molecule has 0 aliphatic carbocycles. The summed E-state index contributed by atoms with van der Waals surface area (Å²) < 4.78 is 11.2. The van der Waals surface area contributed by atoms with E-state index in [0.717, 1.165) is 0 Å². The lowest BCUT2D eigenvalue weighted by Gasteiger charge is -2.10. The maximum Gasteiger partial charge on any atom is 0.269 e. The zero-order valence-corrected chi connectivity index (χ0v) is 11.8. The zero-order valence-electron chi connectivity index (χ0n) is 10.2. The Labute approximate surface area is 113 Å². The largest absolute Gasteiger partial charge is 0.311 e. The Bertz CT molecular complexity index is 468. The maximum absolute atomic E-state index is 11.2. The number of nitrogens with zero attached hydrogens (tertiary/aromatic N) is 1. The van der Waals surface area contributed by atoms with E-state index in [9.17, 15) is 14.3 Å². The smallest absolute Gasteiger partial charge is 0.269 e. The molecule has 1 aromatic rings. The summed E-state index contributed by atoms with van der Waals surface area (Å²) in [6.07, 6.45) is 1.65. The van der Waals surface area contributed by atoms with Gasteiger partial charge >= 0.3 is 0 Å². The molecule has 0 fully saturated rings. The van der Waals surface area contributed by atoms with Crippen LogP contribution in [0.4, 0.5) is 5.69 Å². The molecular weight excluding hydrogens is 276 g/mol. The van der Waals surface area contributed by atoms with E-state index in [1.54, 1.807) is 6.26 Å². The predicted molar refractivity (Wildman–Crippen MR) is 73.3 cm³/mol. The molecule has 0 saturated heterocycles. The van der Waals surface area contributed by atoms with Crippen molar-refractivity contribution in [3.63, 3.8) is 0 Å². The summed E-state index contributed by atoms with van der Waals surface area (Å²) in [7, 11) is -0.889. The number of benzene rings is 1. The highest BCUT2D eigenvalue weighted by molar-refractivity contribution is 7.84.